The van der Waals surface area contributed by atoms with Gasteiger partial charge in [-0.1, -0.05) is 30.3 Å². The average Bonchev–Trinajstić information content (AvgIpc) is 2.25. The normalized spacial score (nSPS) is 10.3. The van der Waals surface area contributed by atoms with Crippen molar-refractivity contribution in [1.82, 2.24) is 4.98 Å². The van der Waals surface area contributed by atoms with Gasteiger partial charge >= 0.3 is 0 Å². The van der Waals surface area contributed by atoms with E-state index < -0.39 is 0 Å². The number of hydrogen-bond acceptors (Lipinski definition) is 1. The summed E-state index contributed by atoms with van der Waals surface area (Å²) in [6, 6.07) is 12.6. The van der Waals surface area contributed by atoms with Crippen LogP contribution in [0.25, 0.3) is 0 Å². The topological polar surface area (TPSA) is 12.9 Å². The number of rotatable bonds is 2. The van der Waals surface area contributed by atoms with Crippen molar-refractivity contribution in [3.8, 4) is 0 Å². The summed E-state index contributed by atoms with van der Waals surface area (Å²) in [5.74, 6) is 0. The highest BCUT2D eigenvalue weighted by Gasteiger charge is 1.99. The maximum Gasteiger partial charge on any atom is 0.0450 e. The standard InChI is InChI=1S/C14H15N/c1-11-8-14(15-10-12(11)2)9-13-6-4-3-5-7-13/h3-8,10H,9H2,1-2H3. The Hall–Kier alpha value is -1.63. The molecule has 2 rings (SSSR count). The van der Waals surface area contributed by atoms with Crippen LogP contribution in [0.4, 0.5) is 0 Å². The minimum absolute atomic E-state index is 0.919. The predicted octanol–water partition coefficient (Wildman–Crippen LogP) is 3.29. The fraction of sp³-hybridized carbons (Fsp3) is 0.214. The lowest BCUT2D eigenvalue weighted by molar-refractivity contribution is 1.05. The molecule has 1 nitrogen and oxygen atoms in total. The molecule has 0 saturated heterocycles. The van der Waals surface area contributed by atoms with E-state index in [-0.39, 0.29) is 0 Å². The van der Waals surface area contributed by atoms with Gasteiger partial charge in [0.1, 0.15) is 0 Å². The number of nitrogens with zero attached hydrogens (tertiary/aromatic N) is 1. The van der Waals surface area contributed by atoms with Crippen LogP contribution in [0.2, 0.25) is 0 Å². The van der Waals surface area contributed by atoms with Gasteiger partial charge in [0.2, 0.25) is 0 Å². The van der Waals surface area contributed by atoms with Crippen molar-refractivity contribution >= 4 is 0 Å². The van der Waals surface area contributed by atoms with Crippen molar-refractivity contribution in [3.05, 3.63) is 65.0 Å². The Morgan fingerprint density at radius 1 is 1.00 bits per heavy atom. The van der Waals surface area contributed by atoms with E-state index in [0.717, 1.165) is 12.1 Å². The largest absolute Gasteiger partial charge is 0.261 e. The second-order valence-electron chi connectivity index (χ2n) is 3.92. The van der Waals surface area contributed by atoms with Gasteiger partial charge in [0, 0.05) is 18.3 Å². The highest BCUT2D eigenvalue weighted by molar-refractivity contribution is 5.27. The third-order valence-corrected chi connectivity index (χ3v) is 2.66. The van der Waals surface area contributed by atoms with E-state index >= 15 is 0 Å². The highest BCUT2D eigenvalue weighted by atomic mass is 14.7. The molecule has 0 bridgehead atoms. The van der Waals surface area contributed by atoms with Crippen LogP contribution < -0.4 is 0 Å². The fourth-order valence-electron chi connectivity index (χ4n) is 1.58. The summed E-state index contributed by atoms with van der Waals surface area (Å²) in [4.78, 5) is 4.43. The maximum absolute atomic E-state index is 4.43. The molecule has 0 saturated carbocycles. The molecule has 0 unspecified atom stereocenters. The highest BCUT2D eigenvalue weighted by Crippen LogP contribution is 2.11. The van der Waals surface area contributed by atoms with Crippen LogP contribution in [-0.4, -0.2) is 4.98 Å². The van der Waals surface area contributed by atoms with E-state index in [4.69, 9.17) is 0 Å². The molecular formula is C14H15N. The molecule has 2 aromatic rings. The van der Waals surface area contributed by atoms with Crippen molar-refractivity contribution < 1.29 is 0 Å². The van der Waals surface area contributed by atoms with Crippen molar-refractivity contribution in [2.24, 2.45) is 0 Å². The first-order chi connectivity index (χ1) is 7.25. The summed E-state index contributed by atoms with van der Waals surface area (Å²) in [6.45, 7) is 4.22. The number of aryl methyl sites for hydroxylation is 2. The molecule has 0 aliphatic heterocycles. The van der Waals surface area contributed by atoms with Crippen LogP contribution in [0, 0.1) is 13.8 Å². The first kappa shape index (κ1) is 9.91. The van der Waals surface area contributed by atoms with Gasteiger partial charge in [-0.15, -0.1) is 0 Å². The lowest BCUT2D eigenvalue weighted by Crippen LogP contribution is -1.94. The van der Waals surface area contributed by atoms with Crippen LogP contribution in [0.1, 0.15) is 22.4 Å². The molecule has 0 radical (unpaired) electrons. The summed E-state index contributed by atoms with van der Waals surface area (Å²) in [7, 11) is 0. The Kier molecular flexibility index (Phi) is 2.82. The first-order valence-electron chi connectivity index (χ1n) is 5.22. The molecule has 1 aromatic carbocycles. The predicted molar refractivity (Wildman–Crippen MR) is 63.0 cm³/mol. The van der Waals surface area contributed by atoms with Gasteiger partial charge in [0.05, 0.1) is 0 Å². The zero-order valence-electron chi connectivity index (χ0n) is 9.20. The van der Waals surface area contributed by atoms with Crippen LogP contribution >= 0.6 is 0 Å². The van der Waals surface area contributed by atoms with Gasteiger partial charge in [-0.25, -0.2) is 0 Å². The van der Waals surface area contributed by atoms with E-state index in [0.29, 0.717) is 0 Å². The molecule has 1 heteroatoms. The smallest absolute Gasteiger partial charge is 0.0450 e. The molecule has 15 heavy (non-hydrogen) atoms. The van der Waals surface area contributed by atoms with Crippen molar-refractivity contribution in [2.75, 3.05) is 0 Å². The lowest BCUT2D eigenvalue weighted by Gasteiger charge is -2.04. The molecule has 1 aromatic heterocycles. The summed E-state index contributed by atoms with van der Waals surface area (Å²) in [6.07, 6.45) is 2.87. The Labute approximate surface area is 90.8 Å². The molecule has 0 aliphatic carbocycles. The van der Waals surface area contributed by atoms with Gasteiger partial charge in [-0.05, 0) is 36.6 Å². The zero-order chi connectivity index (χ0) is 10.7. The van der Waals surface area contributed by atoms with Crippen LogP contribution in [0.3, 0.4) is 0 Å². The van der Waals surface area contributed by atoms with Crippen LogP contribution in [0.15, 0.2) is 42.6 Å². The summed E-state index contributed by atoms with van der Waals surface area (Å²) in [5, 5.41) is 0. The minimum atomic E-state index is 0.919. The molecule has 0 amide bonds. The summed E-state index contributed by atoms with van der Waals surface area (Å²) in [5.41, 5.74) is 5.03. The Bertz CT molecular complexity index is 446. The third kappa shape index (κ3) is 2.44. The molecule has 76 valence electrons. The van der Waals surface area contributed by atoms with Crippen LogP contribution in [0.5, 0.6) is 0 Å². The summed E-state index contributed by atoms with van der Waals surface area (Å²) >= 11 is 0. The zero-order valence-corrected chi connectivity index (χ0v) is 9.20. The number of pyridine rings is 1. The molecule has 0 spiro atoms. The second-order valence-corrected chi connectivity index (χ2v) is 3.92. The molecule has 1 heterocycles. The first-order valence-corrected chi connectivity index (χ1v) is 5.22. The van der Waals surface area contributed by atoms with Gasteiger partial charge in [-0.3, -0.25) is 4.98 Å². The second kappa shape index (κ2) is 4.26. The minimum Gasteiger partial charge on any atom is -0.261 e. The number of aromatic nitrogens is 1. The van der Waals surface area contributed by atoms with E-state index in [1.165, 1.54) is 16.7 Å². The Balaban J connectivity index is 2.22. The van der Waals surface area contributed by atoms with E-state index in [9.17, 15) is 0 Å². The van der Waals surface area contributed by atoms with Gasteiger partial charge in [0.15, 0.2) is 0 Å². The summed E-state index contributed by atoms with van der Waals surface area (Å²) < 4.78 is 0. The van der Waals surface area contributed by atoms with Gasteiger partial charge in [0.25, 0.3) is 0 Å². The monoisotopic (exact) mass is 197 g/mol. The Morgan fingerprint density at radius 2 is 1.73 bits per heavy atom. The quantitative estimate of drug-likeness (QED) is 0.720. The average molecular weight is 197 g/mol. The molecule has 0 fully saturated rings. The maximum atomic E-state index is 4.43. The fourth-order valence-corrected chi connectivity index (χ4v) is 1.58. The van der Waals surface area contributed by atoms with Gasteiger partial charge in [-0.2, -0.15) is 0 Å². The Morgan fingerprint density at radius 3 is 2.40 bits per heavy atom. The molecule has 0 aliphatic rings. The van der Waals surface area contributed by atoms with E-state index in [1.54, 1.807) is 0 Å². The lowest BCUT2D eigenvalue weighted by atomic mass is 10.1. The van der Waals surface area contributed by atoms with Crippen LogP contribution in [-0.2, 0) is 6.42 Å². The number of hydrogen-bond donors (Lipinski definition) is 0. The third-order valence-electron chi connectivity index (χ3n) is 2.66. The van der Waals surface area contributed by atoms with Gasteiger partial charge < -0.3 is 0 Å². The van der Waals surface area contributed by atoms with Crippen molar-refractivity contribution in [1.29, 1.82) is 0 Å². The molecule has 0 atom stereocenters. The van der Waals surface area contributed by atoms with E-state index in [1.807, 2.05) is 12.3 Å². The number of benzene rings is 1. The molecule has 0 N–H and O–H groups in total. The van der Waals surface area contributed by atoms with Crippen molar-refractivity contribution in [2.45, 2.75) is 20.3 Å². The van der Waals surface area contributed by atoms with E-state index in [2.05, 4.69) is 49.2 Å². The SMILES string of the molecule is Cc1cnc(Cc2ccccc2)cc1C. The molecular weight excluding hydrogens is 182 g/mol. The van der Waals surface area contributed by atoms with Crippen molar-refractivity contribution in [3.63, 3.8) is 0 Å².